The predicted octanol–water partition coefficient (Wildman–Crippen LogP) is 3.71. The molecule has 1 aromatic carbocycles. The number of primary amides is 1. The third-order valence-corrected chi connectivity index (χ3v) is 5.12. The van der Waals surface area contributed by atoms with Gasteiger partial charge in [-0.15, -0.1) is 11.3 Å². The molecule has 2 amide bonds. The molecule has 0 aliphatic carbocycles. The lowest BCUT2D eigenvalue weighted by atomic mass is 10.0. The number of amides is 2. The van der Waals surface area contributed by atoms with Crippen molar-refractivity contribution < 1.29 is 22.8 Å². The number of hydrogen-bond donors (Lipinski definition) is 2. The Kier molecular flexibility index (Phi) is 5.65. The number of nitrogens with zero attached hydrogens (tertiary/aromatic N) is 2. The number of aromatic nitrogens is 2. The summed E-state index contributed by atoms with van der Waals surface area (Å²) in [5.74, 6) is -0.987. The minimum Gasteiger partial charge on any atom is -0.368 e. The monoisotopic (exact) mass is 424 g/mol. The molecular weight excluding hydrogens is 405 g/mol. The average molecular weight is 424 g/mol. The molecule has 0 aliphatic heterocycles. The summed E-state index contributed by atoms with van der Waals surface area (Å²) in [6.07, 6.45) is -2.57. The number of halogens is 3. The minimum absolute atomic E-state index is 0.149. The van der Waals surface area contributed by atoms with Crippen molar-refractivity contribution in [2.45, 2.75) is 32.5 Å². The van der Waals surface area contributed by atoms with Crippen molar-refractivity contribution >= 4 is 28.1 Å². The van der Waals surface area contributed by atoms with E-state index in [9.17, 15) is 22.8 Å². The Morgan fingerprint density at radius 1 is 1.31 bits per heavy atom. The molecule has 1 atom stereocenters. The standard InChI is InChI=1S/C19H19F3N4O2S/c1-10(2)6-13(16(23)27)24-17(28)15-9-29-18-25-14(8-26(15)18)11-4-3-5-12(7-11)19(20,21)22/h3-5,7-10,13H,6H2,1-2H3,(H2,23,27)(H,24,28)/t13-/m0/s1. The van der Waals surface area contributed by atoms with Crippen LogP contribution in [0.4, 0.5) is 13.2 Å². The zero-order chi connectivity index (χ0) is 21.3. The molecule has 3 rings (SSSR count). The maximum atomic E-state index is 13.0. The first-order chi connectivity index (χ1) is 13.6. The summed E-state index contributed by atoms with van der Waals surface area (Å²) in [7, 11) is 0. The van der Waals surface area contributed by atoms with Crippen molar-refractivity contribution in [2.24, 2.45) is 11.7 Å². The largest absolute Gasteiger partial charge is 0.416 e. The molecule has 2 aromatic heterocycles. The van der Waals surface area contributed by atoms with E-state index < -0.39 is 29.6 Å². The van der Waals surface area contributed by atoms with Gasteiger partial charge in [0.25, 0.3) is 5.91 Å². The van der Waals surface area contributed by atoms with E-state index in [1.165, 1.54) is 34.1 Å². The highest BCUT2D eigenvalue weighted by atomic mass is 32.1. The van der Waals surface area contributed by atoms with Crippen LogP contribution in [0.25, 0.3) is 16.2 Å². The van der Waals surface area contributed by atoms with Gasteiger partial charge in [0.15, 0.2) is 4.96 Å². The lowest BCUT2D eigenvalue weighted by Crippen LogP contribution is -2.45. The van der Waals surface area contributed by atoms with Crippen LogP contribution in [0.2, 0.25) is 0 Å². The van der Waals surface area contributed by atoms with Crippen molar-refractivity contribution in [2.75, 3.05) is 0 Å². The van der Waals surface area contributed by atoms with E-state index in [0.29, 0.717) is 17.1 Å². The Hall–Kier alpha value is -2.88. The molecule has 6 nitrogen and oxygen atoms in total. The molecule has 2 heterocycles. The van der Waals surface area contributed by atoms with Gasteiger partial charge in [-0.2, -0.15) is 13.2 Å². The summed E-state index contributed by atoms with van der Waals surface area (Å²) >= 11 is 1.17. The average Bonchev–Trinajstić information content (AvgIpc) is 3.20. The fourth-order valence-electron chi connectivity index (χ4n) is 2.89. The van der Waals surface area contributed by atoms with Crippen LogP contribution in [0.5, 0.6) is 0 Å². The van der Waals surface area contributed by atoms with Gasteiger partial charge in [-0.3, -0.25) is 14.0 Å². The van der Waals surface area contributed by atoms with Crippen molar-refractivity contribution in [3.8, 4) is 11.3 Å². The van der Waals surface area contributed by atoms with E-state index in [1.54, 1.807) is 5.38 Å². The molecule has 29 heavy (non-hydrogen) atoms. The fraction of sp³-hybridized carbons (Fsp3) is 0.316. The number of rotatable bonds is 6. The van der Waals surface area contributed by atoms with Gasteiger partial charge in [-0.05, 0) is 24.5 Å². The van der Waals surface area contributed by atoms with Crippen molar-refractivity contribution in [1.82, 2.24) is 14.7 Å². The first kappa shape index (κ1) is 20.8. The van der Waals surface area contributed by atoms with Gasteiger partial charge in [0.1, 0.15) is 11.7 Å². The SMILES string of the molecule is CC(C)C[C@H](NC(=O)c1csc2nc(-c3cccc(C(F)(F)F)c3)cn12)C(N)=O. The second kappa shape index (κ2) is 7.86. The van der Waals surface area contributed by atoms with Crippen LogP contribution in [0.15, 0.2) is 35.8 Å². The molecule has 10 heteroatoms. The number of hydrogen-bond acceptors (Lipinski definition) is 4. The third kappa shape index (κ3) is 4.58. The lowest BCUT2D eigenvalue weighted by Gasteiger charge is -2.17. The summed E-state index contributed by atoms with van der Waals surface area (Å²) in [6.45, 7) is 3.81. The number of carbonyl (C=O) groups is 2. The van der Waals surface area contributed by atoms with Gasteiger partial charge in [0, 0.05) is 17.1 Å². The topological polar surface area (TPSA) is 89.5 Å². The Morgan fingerprint density at radius 3 is 2.66 bits per heavy atom. The third-order valence-electron chi connectivity index (χ3n) is 4.28. The summed E-state index contributed by atoms with van der Waals surface area (Å²) in [6, 6.07) is 4.01. The Balaban J connectivity index is 1.90. The summed E-state index contributed by atoms with van der Waals surface area (Å²) < 4.78 is 40.4. The van der Waals surface area contributed by atoms with Crippen LogP contribution in [-0.2, 0) is 11.0 Å². The molecule has 0 unspecified atom stereocenters. The quantitative estimate of drug-likeness (QED) is 0.632. The molecular formula is C19H19F3N4O2S. The molecule has 0 spiro atoms. The minimum atomic E-state index is -4.46. The highest BCUT2D eigenvalue weighted by molar-refractivity contribution is 7.15. The Bertz CT molecular complexity index is 1060. The smallest absolute Gasteiger partial charge is 0.368 e. The maximum absolute atomic E-state index is 13.0. The molecule has 0 aliphatic rings. The van der Waals surface area contributed by atoms with Crippen LogP contribution < -0.4 is 11.1 Å². The zero-order valence-corrected chi connectivity index (χ0v) is 16.5. The predicted molar refractivity (Wildman–Crippen MR) is 103 cm³/mol. The number of nitrogens with one attached hydrogen (secondary N) is 1. The van der Waals surface area contributed by atoms with E-state index in [1.807, 2.05) is 13.8 Å². The van der Waals surface area contributed by atoms with Gasteiger partial charge in [0.05, 0.1) is 11.3 Å². The number of alkyl halides is 3. The highest BCUT2D eigenvalue weighted by Gasteiger charge is 2.30. The van der Waals surface area contributed by atoms with E-state index in [0.717, 1.165) is 12.1 Å². The van der Waals surface area contributed by atoms with Crippen LogP contribution in [0, 0.1) is 5.92 Å². The summed E-state index contributed by atoms with van der Waals surface area (Å²) in [5, 5.41) is 4.19. The van der Waals surface area contributed by atoms with Gasteiger partial charge in [-0.1, -0.05) is 26.0 Å². The summed E-state index contributed by atoms with van der Waals surface area (Å²) in [5.41, 5.74) is 5.42. The van der Waals surface area contributed by atoms with Crippen molar-refractivity contribution in [3.05, 3.63) is 47.1 Å². The normalized spacial score (nSPS) is 13.0. The van der Waals surface area contributed by atoms with Crippen molar-refractivity contribution in [1.29, 1.82) is 0 Å². The van der Waals surface area contributed by atoms with Crippen molar-refractivity contribution in [3.63, 3.8) is 0 Å². The van der Waals surface area contributed by atoms with E-state index in [-0.39, 0.29) is 17.2 Å². The van der Waals surface area contributed by atoms with Crippen LogP contribution in [0.3, 0.4) is 0 Å². The van der Waals surface area contributed by atoms with E-state index in [4.69, 9.17) is 5.73 Å². The second-order valence-corrected chi connectivity index (χ2v) is 7.87. The van der Waals surface area contributed by atoms with Gasteiger partial charge < -0.3 is 11.1 Å². The van der Waals surface area contributed by atoms with E-state index in [2.05, 4.69) is 10.3 Å². The molecule has 0 saturated heterocycles. The van der Waals surface area contributed by atoms with Gasteiger partial charge in [-0.25, -0.2) is 4.98 Å². The molecule has 0 bridgehead atoms. The van der Waals surface area contributed by atoms with Crippen LogP contribution in [-0.4, -0.2) is 27.2 Å². The van der Waals surface area contributed by atoms with Gasteiger partial charge in [0.2, 0.25) is 5.91 Å². The highest BCUT2D eigenvalue weighted by Crippen LogP contribution is 2.32. The number of nitrogens with two attached hydrogens (primary N) is 1. The van der Waals surface area contributed by atoms with Gasteiger partial charge >= 0.3 is 6.18 Å². The number of benzene rings is 1. The van der Waals surface area contributed by atoms with Crippen LogP contribution in [0.1, 0.15) is 36.3 Å². The number of carbonyl (C=O) groups excluding carboxylic acids is 2. The number of imidazole rings is 1. The fourth-order valence-corrected chi connectivity index (χ4v) is 3.74. The molecule has 0 fully saturated rings. The van der Waals surface area contributed by atoms with E-state index >= 15 is 0 Å². The second-order valence-electron chi connectivity index (χ2n) is 7.04. The lowest BCUT2D eigenvalue weighted by molar-refractivity contribution is -0.137. The first-order valence-corrected chi connectivity index (χ1v) is 9.68. The maximum Gasteiger partial charge on any atom is 0.416 e. The first-order valence-electron chi connectivity index (χ1n) is 8.80. The number of thiazole rings is 1. The number of fused-ring (bicyclic) bond motifs is 1. The summed E-state index contributed by atoms with van der Waals surface area (Å²) in [4.78, 5) is 29.0. The Labute approximate surface area is 168 Å². The zero-order valence-electron chi connectivity index (χ0n) is 15.7. The molecule has 154 valence electrons. The molecule has 0 radical (unpaired) electrons. The van der Waals surface area contributed by atoms with Crippen LogP contribution >= 0.6 is 11.3 Å². The molecule has 3 aromatic rings. The molecule has 0 saturated carbocycles. The molecule has 3 N–H and O–H groups in total. The Morgan fingerprint density at radius 2 is 2.03 bits per heavy atom.